The molecular formula is C28H28ClN5O4. The van der Waals surface area contributed by atoms with Crippen LogP contribution in [0.15, 0.2) is 71.5 Å². The Morgan fingerprint density at radius 3 is 2.34 bits per heavy atom. The van der Waals surface area contributed by atoms with Gasteiger partial charge in [0.15, 0.2) is 0 Å². The van der Waals surface area contributed by atoms with Crippen LogP contribution < -0.4 is 10.9 Å². The molecule has 1 heterocycles. The molecule has 4 rings (SSSR count). The van der Waals surface area contributed by atoms with Crippen molar-refractivity contribution < 1.29 is 9.72 Å². The molecule has 9 nitrogen and oxygen atoms in total. The first-order valence-corrected chi connectivity index (χ1v) is 12.5. The lowest BCUT2D eigenvalue weighted by atomic mass is 10.1. The zero-order chi connectivity index (χ0) is 27.6. The highest BCUT2D eigenvalue weighted by molar-refractivity contribution is 6.31. The van der Waals surface area contributed by atoms with Gasteiger partial charge in [0.25, 0.3) is 11.2 Å². The van der Waals surface area contributed by atoms with E-state index in [4.69, 9.17) is 16.6 Å². The van der Waals surface area contributed by atoms with Crippen LogP contribution in [0.5, 0.6) is 0 Å². The summed E-state index contributed by atoms with van der Waals surface area (Å²) < 4.78 is 1.53. The second-order valence-electron chi connectivity index (χ2n) is 9.56. The molecule has 0 saturated heterocycles. The number of aryl methyl sites for hydroxylation is 1. The minimum atomic E-state index is -0.618. The maximum atomic E-state index is 13.7. The van der Waals surface area contributed by atoms with Gasteiger partial charge in [0, 0.05) is 29.4 Å². The van der Waals surface area contributed by atoms with E-state index in [1.807, 2.05) is 52.0 Å². The number of fused-ring (bicyclic) bond motifs is 1. The van der Waals surface area contributed by atoms with Crippen molar-refractivity contribution in [1.82, 2.24) is 14.5 Å². The first-order chi connectivity index (χ1) is 18.0. The lowest BCUT2D eigenvalue weighted by Gasteiger charge is -2.32. The average Bonchev–Trinajstić information content (AvgIpc) is 2.87. The number of anilines is 1. The number of nitro benzene ring substituents is 1. The SMILES string of the molecule is Cc1ccc(-n2c(C(C)N(CC(C)C)C(=O)Nc3ccc([N+](=O)[O-])cc3)nc3cc(Cl)ccc3c2=O)cc1. The van der Waals surface area contributed by atoms with Crippen LogP contribution in [0.1, 0.15) is 38.2 Å². The van der Waals surface area contributed by atoms with Gasteiger partial charge < -0.3 is 10.2 Å². The maximum absolute atomic E-state index is 13.7. The molecule has 2 amide bonds. The third kappa shape index (κ3) is 5.68. The topological polar surface area (TPSA) is 110 Å². The number of hydrogen-bond donors (Lipinski definition) is 1. The van der Waals surface area contributed by atoms with Crippen LogP contribution in [0, 0.1) is 23.0 Å². The number of benzene rings is 3. The minimum Gasteiger partial charge on any atom is -0.314 e. The Hall–Kier alpha value is -4.24. The van der Waals surface area contributed by atoms with Crippen molar-refractivity contribution in [1.29, 1.82) is 0 Å². The lowest BCUT2D eigenvalue weighted by Crippen LogP contribution is -2.41. The van der Waals surface area contributed by atoms with Gasteiger partial charge in [-0.25, -0.2) is 9.78 Å². The number of non-ortho nitro benzene ring substituents is 1. The molecule has 0 aliphatic heterocycles. The Kier molecular flexibility index (Phi) is 7.78. The maximum Gasteiger partial charge on any atom is 0.322 e. The lowest BCUT2D eigenvalue weighted by molar-refractivity contribution is -0.384. The number of halogens is 1. The fourth-order valence-electron chi connectivity index (χ4n) is 4.21. The largest absolute Gasteiger partial charge is 0.322 e. The fraction of sp³-hybridized carbons (Fsp3) is 0.250. The van der Waals surface area contributed by atoms with Crippen molar-refractivity contribution in [2.75, 3.05) is 11.9 Å². The summed E-state index contributed by atoms with van der Waals surface area (Å²) in [7, 11) is 0. The third-order valence-electron chi connectivity index (χ3n) is 6.14. The second-order valence-corrected chi connectivity index (χ2v) is 10.0. The highest BCUT2D eigenvalue weighted by Gasteiger charge is 2.28. The van der Waals surface area contributed by atoms with Crippen molar-refractivity contribution in [3.8, 4) is 5.69 Å². The Morgan fingerprint density at radius 1 is 1.08 bits per heavy atom. The molecule has 1 N–H and O–H groups in total. The Balaban J connectivity index is 1.81. The minimum absolute atomic E-state index is 0.0726. The molecular weight excluding hydrogens is 506 g/mol. The van der Waals surface area contributed by atoms with Gasteiger partial charge in [-0.05, 0) is 62.2 Å². The van der Waals surface area contributed by atoms with E-state index in [0.29, 0.717) is 39.7 Å². The number of nitrogens with zero attached hydrogens (tertiary/aromatic N) is 4. The standard InChI is InChI=1S/C28H28ClN5O4/c1-17(2)16-32(28(36)30-21-8-12-23(13-9-21)34(37)38)19(4)26-31-25-15-20(29)7-14-24(25)27(35)33(26)22-10-5-18(3)6-11-22/h5-15,17,19H,16H2,1-4H3,(H,30,36). The van der Waals surface area contributed by atoms with Gasteiger partial charge >= 0.3 is 6.03 Å². The Labute approximate surface area is 224 Å². The summed E-state index contributed by atoms with van der Waals surface area (Å²) in [5, 5.41) is 14.7. The first-order valence-electron chi connectivity index (χ1n) is 12.2. The van der Waals surface area contributed by atoms with E-state index in [2.05, 4.69) is 5.32 Å². The molecule has 196 valence electrons. The number of amides is 2. The molecule has 0 saturated carbocycles. The molecule has 1 aromatic heterocycles. The Bertz CT molecular complexity index is 1550. The molecule has 0 aliphatic carbocycles. The van der Waals surface area contributed by atoms with Crippen molar-refractivity contribution >= 4 is 39.9 Å². The Morgan fingerprint density at radius 2 is 1.74 bits per heavy atom. The van der Waals surface area contributed by atoms with Gasteiger partial charge in [-0.15, -0.1) is 0 Å². The summed E-state index contributed by atoms with van der Waals surface area (Å²) in [6, 6.07) is 17.0. The van der Waals surface area contributed by atoms with Crippen molar-refractivity contribution in [3.05, 3.63) is 104 Å². The molecule has 1 atom stereocenters. The third-order valence-corrected chi connectivity index (χ3v) is 6.38. The molecule has 0 bridgehead atoms. The molecule has 10 heteroatoms. The van der Waals surface area contributed by atoms with Crippen LogP contribution in [0.4, 0.5) is 16.2 Å². The van der Waals surface area contributed by atoms with Gasteiger partial charge in [0.1, 0.15) is 5.82 Å². The van der Waals surface area contributed by atoms with Crippen molar-refractivity contribution in [3.63, 3.8) is 0 Å². The van der Waals surface area contributed by atoms with E-state index >= 15 is 0 Å². The number of carbonyl (C=O) groups is 1. The molecule has 0 spiro atoms. The summed E-state index contributed by atoms with van der Waals surface area (Å²) in [5.74, 6) is 0.489. The smallest absolute Gasteiger partial charge is 0.314 e. The van der Waals surface area contributed by atoms with E-state index in [1.165, 1.54) is 28.8 Å². The quantitative estimate of drug-likeness (QED) is 0.215. The van der Waals surface area contributed by atoms with Crippen LogP contribution in [-0.4, -0.2) is 32.0 Å². The van der Waals surface area contributed by atoms with Crippen LogP contribution in [0.3, 0.4) is 0 Å². The monoisotopic (exact) mass is 533 g/mol. The zero-order valence-electron chi connectivity index (χ0n) is 21.5. The number of nitrogens with one attached hydrogen (secondary N) is 1. The number of hydrogen-bond acceptors (Lipinski definition) is 5. The second kappa shape index (κ2) is 11.0. The van der Waals surface area contributed by atoms with Crippen LogP contribution in [0.2, 0.25) is 5.02 Å². The van der Waals surface area contributed by atoms with Gasteiger partial charge in [0.2, 0.25) is 0 Å². The highest BCUT2D eigenvalue weighted by atomic mass is 35.5. The van der Waals surface area contributed by atoms with Gasteiger partial charge in [-0.2, -0.15) is 0 Å². The van der Waals surface area contributed by atoms with Gasteiger partial charge in [-0.3, -0.25) is 19.5 Å². The molecule has 1 unspecified atom stereocenters. The van der Waals surface area contributed by atoms with E-state index < -0.39 is 17.0 Å². The summed E-state index contributed by atoms with van der Waals surface area (Å²) >= 11 is 6.21. The number of rotatable bonds is 7. The summed E-state index contributed by atoms with van der Waals surface area (Å²) in [4.78, 5) is 44.2. The van der Waals surface area contributed by atoms with E-state index in [1.54, 1.807) is 23.1 Å². The van der Waals surface area contributed by atoms with Crippen LogP contribution in [-0.2, 0) is 0 Å². The van der Waals surface area contributed by atoms with Gasteiger partial charge in [-0.1, -0.05) is 43.1 Å². The van der Waals surface area contributed by atoms with Crippen LogP contribution in [0.25, 0.3) is 16.6 Å². The predicted molar refractivity (Wildman–Crippen MR) is 149 cm³/mol. The summed E-state index contributed by atoms with van der Waals surface area (Å²) in [5.41, 5.74) is 2.19. The zero-order valence-corrected chi connectivity index (χ0v) is 22.3. The first kappa shape index (κ1) is 26.8. The molecule has 0 radical (unpaired) electrons. The number of carbonyl (C=O) groups excluding carboxylic acids is 1. The molecule has 3 aromatic carbocycles. The predicted octanol–water partition coefficient (Wildman–Crippen LogP) is 6.51. The molecule has 38 heavy (non-hydrogen) atoms. The molecule has 0 fully saturated rings. The fourth-order valence-corrected chi connectivity index (χ4v) is 4.38. The van der Waals surface area contributed by atoms with E-state index in [0.717, 1.165) is 5.56 Å². The van der Waals surface area contributed by atoms with E-state index in [-0.39, 0.29) is 17.2 Å². The normalized spacial score (nSPS) is 11.9. The average molecular weight is 534 g/mol. The number of aromatic nitrogens is 2. The molecule has 4 aromatic rings. The van der Waals surface area contributed by atoms with Crippen molar-refractivity contribution in [2.45, 2.75) is 33.7 Å². The highest BCUT2D eigenvalue weighted by Crippen LogP contribution is 2.26. The van der Waals surface area contributed by atoms with Gasteiger partial charge in [0.05, 0.1) is 27.6 Å². The summed E-state index contributed by atoms with van der Waals surface area (Å²) in [6.07, 6.45) is 0. The van der Waals surface area contributed by atoms with Crippen molar-refractivity contribution in [2.24, 2.45) is 5.92 Å². The number of urea groups is 1. The van der Waals surface area contributed by atoms with Crippen LogP contribution >= 0.6 is 11.6 Å². The molecule has 0 aliphatic rings. The summed E-state index contributed by atoms with van der Waals surface area (Å²) in [6.45, 7) is 8.13. The number of nitro groups is 1. The van der Waals surface area contributed by atoms with E-state index in [9.17, 15) is 19.7 Å².